The Morgan fingerprint density at radius 3 is 2.24 bits per heavy atom. The van der Waals surface area contributed by atoms with Gasteiger partial charge in [-0.2, -0.15) is 0 Å². The molecule has 0 bridgehead atoms. The van der Waals surface area contributed by atoms with Crippen molar-refractivity contribution in [3.63, 3.8) is 0 Å². The maximum absolute atomic E-state index is 13.2. The van der Waals surface area contributed by atoms with Crippen LogP contribution in [0, 0.1) is 0 Å². The lowest BCUT2D eigenvalue weighted by atomic mass is 9.89. The Morgan fingerprint density at radius 2 is 1.73 bits per heavy atom. The molecule has 4 N–H and O–H groups in total. The van der Waals surface area contributed by atoms with Gasteiger partial charge in [-0.3, -0.25) is 9.59 Å². The predicted octanol–water partition coefficient (Wildman–Crippen LogP) is 5.31. The molecular formula is C27H45N3O3. The first kappa shape index (κ1) is 28.7. The number of hydrogen-bond acceptors (Lipinski definition) is 5. The zero-order valence-corrected chi connectivity index (χ0v) is 21.6. The van der Waals surface area contributed by atoms with Gasteiger partial charge in [0.05, 0.1) is 29.1 Å². The number of ketones is 1. The van der Waals surface area contributed by atoms with Gasteiger partial charge in [0.1, 0.15) is 0 Å². The van der Waals surface area contributed by atoms with E-state index in [0.717, 1.165) is 55.6 Å². The van der Waals surface area contributed by atoms with Crippen LogP contribution < -0.4 is 16.0 Å². The summed E-state index contributed by atoms with van der Waals surface area (Å²) in [5, 5.41) is 19.8. The molecule has 1 aromatic rings. The summed E-state index contributed by atoms with van der Waals surface area (Å²) in [5.74, 6) is -0.737. The Labute approximate surface area is 200 Å². The number of aryl methyl sites for hydroxylation is 1. The topological polar surface area (TPSA) is 90.5 Å². The molecule has 0 saturated heterocycles. The van der Waals surface area contributed by atoms with Crippen LogP contribution in [0.2, 0.25) is 0 Å². The van der Waals surface area contributed by atoms with E-state index in [9.17, 15) is 14.7 Å². The van der Waals surface area contributed by atoms with Crippen LogP contribution in [-0.2, 0) is 16.0 Å². The number of carbonyl (C=O) groups is 2. The van der Waals surface area contributed by atoms with Crippen molar-refractivity contribution in [2.45, 2.75) is 91.5 Å². The van der Waals surface area contributed by atoms with Crippen molar-refractivity contribution in [3.8, 4) is 0 Å². The quantitative estimate of drug-likeness (QED) is 0.116. The summed E-state index contributed by atoms with van der Waals surface area (Å²) in [6.07, 6.45) is 9.08. The van der Waals surface area contributed by atoms with Crippen LogP contribution in [0.4, 0.5) is 11.4 Å². The van der Waals surface area contributed by atoms with E-state index in [2.05, 4.69) is 42.8 Å². The largest absolute Gasteiger partial charge is 0.394 e. The highest BCUT2D eigenvalue weighted by atomic mass is 16.3. The van der Waals surface area contributed by atoms with Gasteiger partial charge in [0, 0.05) is 19.2 Å². The SMILES string of the molecule is CCCCCNc1c(CC)ccc(/C=C(\C(C)=O)C(=O)NC(CC)(CO)CCCC)c1NC. The Balaban J connectivity index is 3.36. The first-order valence-corrected chi connectivity index (χ1v) is 12.6. The third-order valence-electron chi connectivity index (χ3n) is 6.33. The highest BCUT2D eigenvalue weighted by molar-refractivity contribution is 6.22. The van der Waals surface area contributed by atoms with Crippen LogP contribution in [0.15, 0.2) is 17.7 Å². The second kappa shape index (κ2) is 14.7. The van der Waals surface area contributed by atoms with Crippen molar-refractivity contribution in [1.29, 1.82) is 0 Å². The van der Waals surface area contributed by atoms with Crippen molar-refractivity contribution in [3.05, 3.63) is 28.8 Å². The molecule has 0 aliphatic heterocycles. The molecule has 186 valence electrons. The number of unbranched alkanes of at least 4 members (excludes halogenated alkanes) is 3. The molecule has 1 unspecified atom stereocenters. The van der Waals surface area contributed by atoms with Crippen LogP contribution >= 0.6 is 0 Å². The molecule has 6 heteroatoms. The molecule has 33 heavy (non-hydrogen) atoms. The molecule has 0 saturated carbocycles. The number of carbonyl (C=O) groups excluding carboxylic acids is 2. The summed E-state index contributed by atoms with van der Waals surface area (Å²) in [6, 6.07) is 4.00. The van der Waals surface area contributed by atoms with Crippen LogP contribution in [0.1, 0.15) is 90.7 Å². The Hall–Kier alpha value is -2.34. The fourth-order valence-electron chi connectivity index (χ4n) is 4.00. The summed E-state index contributed by atoms with van der Waals surface area (Å²) in [5.41, 5.74) is 3.25. The first-order valence-electron chi connectivity index (χ1n) is 12.6. The lowest BCUT2D eigenvalue weighted by molar-refractivity contribution is -0.123. The number of amides is 1. The fraction of sp³-hybridized carbons (Fsp3) is 0.630. The van der Waals surface area contributed by atoms with Crippen LogP contribution in [0.25, 0.3) is 6.08 Å². The molecule has 0 spiro atoms. The van der Waals surface area contributed by atoms with Crippen molar-refractivity contribution >= 4 is 29.1 Å². The van der Waals surface area contributed by atoms with Gasteiger partial charge in [-0.05, 0) is 44.2 Å². The number of rotatable bonds is 16. The summed E-state index contributed by atoms with van der Waals surface area (Å²) < 4.78 is 0. The molecule has 1 atom stereocenters. The fourth-order valence-corrected chi connectivity index (χ4v) is 4.00. The smallest absolute Gasteiger partial charge is 0.255 e. The van der Waals surface area contributed by atoms with E-state index in [1.165, 1.54) is 18.9 Å². The Kier molecular flexibility index (Phi) is 12.8. The van der Waals surface area contributed by atoms with Gasteiger partial charge >= 0.3 is 0 Å². The summed E-state index contributed by atoms with van der Waals surface area (Å²) >= 11 is 0. The average Bonchev–Trinajstić information content (AvgIpc) is 2.82. The molecule has 1 rings (SSSR count). The van der Waals surface area contributed by atoms with Gasteiger partial charge in [-0.25, -0.2) is 0 Å². The van der Waals surface area contributed by atoms with Crippen LogP contribution in [0.3, 0.4) is 0 Å². The second-order valence-electron chi connectivity index (χ2n) is 8.77. The van der Waals surface area contributed by atoms with Gasteiger partial charge in [-0.15, -0.1) is 0 Å². The van der Waals surface area contributed by atoms with Crippen molar-refractivity contribution in [1.82, 2.24) is 5.32 Å². The minimum absolute atomic E-state index is 0.0930. The minimum Gasteiger partial charge on any atom is -0.394 e. The van der Waals surface area contributed by atoms with E-state index in [1.807, 2.05) is 20.0 Å². The van der Waals surface area contributed by atoms with E-state index in [-0.39, 0.29) is 18.0 Å². The molecule has 1 amide bonds. The maximum atomic E-state index is 13.2. The van der Waals surface area contributed by atoms with Crippen molar-refractivity contribution < 1.29 is 14.7 Å². The zero-order chi connectivity index (χ0) is 24.9. The van der Waals surface area contributed by atoms with Crippen LogP contribution in [-0.4, -0.2) is 42.5 Å². The van der Waals surface area contributed by atoms with Crippen molar-refractivity contribution in [2.75, 3.05) is 30.8 Å². The third-order valence-corrected chi connectivity index (χ3v) is 6.33. The molecule has 0 aliphatic carbocycles. The number of anilines is 2. The van der Waals surface area contributed by atoms with Gasteiger partial charge in [-0.1, -0.05) is 65.5 Å². The van der Waals surface area contributed by atoms with Crippen LogP contribution in [0.5, 0.6) is 0 Å². The van der Waals surface area contributed by atoms with Crippen molar-refractivity contribution in [2.24, 2.45) is 0 Å². The standard InChI is InChI=1S/C27H45N3O3/c1-7-11-13-17-29-25-21(9-3)14-15-22(24(25)28-6)18-23(20(5)32)26(33)30-27(10-4,19-31)16-12-8-2/h14-15,18,28-29,31H,7-13,16-17,19H2,1-6H3,(H,30,33)/b23-18+. The van der Waals surface area contributed by atoms with E-state index in [1.54, 1.807) is 6.08 Å². The summed E-state index contributed by atoms with van der Waals surface area (Å²) in [4.78, 5) is 25.7. The molecule has 0 aromatic heterocycles. The maximum Gasteiger partial charge on any atom is 0.255 e. The summed E-state index contributed by atoms with van der Waals surface area (Å²) in [7, 11) is 1.86. The lowest BCUT2D eigenvalue weighted by Crippen LogP contribution is -2.51. The monoisotopic (exact) mass is 459 g/mol. The molecule has 0 fully saturated rings. The number of hydrogen-bond donors (Lipinski definition) is 4. The number of aliphatic hydroxyl groups excluding tert-OH is 1. The summed E-state index contributed by atoms with van der Waals surface area (Å²) in [6.45, 7) is 10.5. The normalized spacial score (nSPS) is 13.4. The Morgan fingerprint density at radius 1 is 1.03 bits per heavy atom. The highest BCUT2D eigenvalue weighted by Gasteiger charge is 2.30. The van der Waals surface area contributed by atoms with E-state index < -0.39 is 11.4 Å². The van der Waals surface area contributed by atoms with Gasteiger partial charge in [0.2, 0.25) is 0 Å². The van der Waals surface area contributed by atoms with E-state index in [4.69, 9.17) is 0 Å². The highest BCUT2D eigenvalue weighted by Crippen LogP contribution is 2.32. The van der Waals surface area contributed by atoms with E-state index in [0.29, 0.717) is 12.8 Å². The average molecular weight is 460 g/mol. The third kappa shape index (κ3) is 8.18. The number of aliphatic hydroxyl groups is 1. The number of benzene rings is 1. The van der Waals surface area contributed by atoms with E-state index >= 15 is 0 Å². The van der Waals surface area contributed by atoms with Gasteiger partial charge in [0.25, 0.3) is 5.91 Å². The number of Topliss-reactive ketones (excluding diaryl/α,β-unsaturated/α-hetero) is 1. The molecule has 0 aliphatic rings. The molecule has 6 nitrogen and oxygen atoms in total. The zero-order valence-electron chi connectivity index (χ0n) is 21.6. The van der Waals surface area contributed by atoms with Gasteiger partial charge in [0.15, 0.2) is 5.78 Å². The predicted molar refractivity (Wildman–Crippen MR) is 140 cm³/mol. The Bertz CT molecular complexity index is 798. The number of nitrogens with one attached hydrogen (secondary N) is 3. The van der Waals surface area contributed by atoms with Gasteiger partial charge < -0.3 is 21.1 Å². The molecule has 0 heterocycles. The second-order valence-corrected chi connectivity index (χ2v) is 8.77. The minimum atomic E-state index is -0.717. The first-order chi connectivity index (χ1) is 15.8. The molecule has 1 aromatic carbocycles. The molecule has 0 radical (unpaired) electrons. The lowest BCUT2D eigenvalue weighted by Gasteiger charge is -2.32. The molecular weight excluding hydrogens is 414 g/mol.